The molecule has 0 radical (unpaired) electrons. The molecule has 136 valence electrons. The van der Waals surface area contributed by atoms with Gasteiger partial charge in [-0.3, -0.25) is 4.79 Å². The fraction of sp³-hybridized carbons (Fsp3) is 0.955. The largest absolute Gasteiger partial charge is 0.393 e. The van der Waals surface area contributed by atoms with E-state index >= 15 is 0 Å². The zero-order valence-electron chi connectivity index (χ0n) is 16.1. The summed E-state index contributed by atoms with van der Waals surface area (Å²) in [6.45, 7) is 9.23. The maximum absolute atomic E-state index is 12.0. The molecule has 2 heteroatoms. The van der Waals surface area contributed by atoms with Gasteiger partial charge in [-0.15, -0.1) is 0 Å². The fourth-order valence-corrected chi connectivity index (χ4v) is 7.96. The number of aliphatic hydroxyl groups excluding tert-OH is 1. The Morgan fingerprint density at radius 2 is 1.67 bits per heavy atom. The molecule has 24 heavy (non-hydrogen) atoms. The van der Waals surface area contributed by atoms with Crippen LogP contribution in [0.1, 0.15) is 85.5 Å². The second-order valence-corrected chi connectivity index (χ2v) is 10.6. The normalized spacial score (nSPS) is 57.0. The van der Waals surface area contributed by atoms with Crippen molar-refractivity contribution in [2.45, 2.75) is 91.6 Å². The maximum atomic E-state index is 12.0. The molecule has 2 nitrogen and oxygen atoms in total. The SMILES string of the molecule is CC(=O)[C@@H]1CC[C@@]2(C)[C@@H]3CC[C@]4(C)[C@H](CC[C@@H]4O)[C@@H]3CC[C@@]2(C)C1. The van der Waals surface area contributed by atoms with Crippen molar-refractivity contribution >= 4 is 5.78 Å². The number of Topliss-reactive ketones (excluding diaryl/α,β-unsaturated/α-hetero) is 1. The highest BCUT2D eigenvalue weighted by Gasteiger charge is 2.63. The van der Waals surface area contributed by atoms with Gasteiger partial charge in [0.05, 0.1) is 6.10 Å². The molecule has 4 aliphatic carbocycles. The third kappa shape index (κ3) is 2.07. The van der Waals surface area contributed by atoms with Gasteiger partial charge in [-0.1, -0.05) is 20.8 Å². The molecular formula is C22H36O2. The zero-order valence-corrected chi connectivity index (χ0v) is 16.1. The Labute approximate surface area is 147 Å². The molecule has 4 rings (SSSR count). The summed E-state index contributed by atoms with van der Waals surface area (Å²) in [5.41, 5.74) is 0.923. The lowest BCUT2D eigenvalue weighted by atomic mass is 9.40. The van der Waals surface area contributed by atoms with Crippen LogP contribution in [0.4, 0.5) is 0 Å². The van der Waals surface area contributed by atoms with E-state index in [-0.39, 0.29) is 11.5 Å². The summed E-state index contributed by atoms with van der Waals surface area (Å²) in [7, 11) is 0. The number of carbonyl (C=O) groups is 1. The lowest BCUT2D eigenvalue weighted by Crippen LogP contribution is -2.58. The van der Waals surface area contributed by atoms with Gasteiger partial charge in [-0.05, 0) is 98.7 Å². The van der Waals surface area contributed by atoms with Crippen LogP contribution in [0.3, 0.4) is 0 Å². The van der Waals surface area contributed by atoms with Crippen molar-refractivity contribution < 1.29 is 9.90 Å². The van der Waals surface area contributed by atoms with Gasteiger partial charge in [0.1, 0.15) is 5.78 Å². The molecule has 1 N–H and O–H groups in total. The van der Waals surface area contributed by atoms with Gasteiger partial charge >= 0.3 is 0 Å². The molecule has 0 aliphatic heterocycles. The summed E-state index contributed by atoms with van der Waals surface area (Å²) >= 11 is 0. The Hall–Kier alpha value is -0.370. The molecule has 4 aliphatic rings. The van der Waals surface area contributed by atoms with Crippen molar-refractivity contribution in [1.82, 2.24) is 0 Å². The fourth-order valence-electron chi connectivity index (χ4n) is 7.96. The molecule has 4 fully saturated rings. The first kappa shape index (κ1) is 17.1. The monoisotopic (exact) mass is 332 g/mol. The molecule has 0 heterocycles. The third-order valence-electron chi connectivity index (χ3n) is 9.90. The number of aliphatic hydroxyl groups is 1. The lowest BCUT2D eigenvalue weighted by molar-refractivity contribution is -0.168. The molecule has 0 spiro atoms. The number of hydrogen-bond acceptors (Lipinski definition) is 2. The number of ketones is 1. The van der Waals surface area contributed by atoms with E-state index in [1.807, 2.05) is 0 Å². The van der Waals surface area contributed by atoms with Crippen LogP contribution in [0, 0.1) is 39.9 Å². The van der Waals surface area contributed by atoms with Crippen LogP contribution in [0.15, 0.2) is 0 Å². The highest BCUT2D eigenvalue weighted by atomic mass is 16.3. The van der Waals surface area contributed by atoms with Gasteiger partial charge in [-0.25, -0.2) is 0 Å². The van der Waals surface area contributed by atoms with E-state index < -0.39 is 0 Å². The standard InChI is InChI=1S/C22H36O2/c1-14(23)15-7-12-22(4)18-9-11-21(3)17(5-6-19(21)24)16(18)8-10-20(22,2)13-15/h15-19,24H,5-13H2,1-4H3/t15-,16+,17-,18-,19+,20+,21-,22+/m1/s1. The van der Waals surface area contributed by atoms with Crippen LogP contribution in [0.5, 0.6) is 0 Å². The minimum Gasteiger partial charge on any atom is -0.393 e. The predicted molar refractivity (Wildman–Crippen MR) is 96.5 cm³/mol. The van der Waals surface area contributed by atoms with Crippen molar-refractivity contribution in [3.8, 4) is 0 Å². The van der Waals surface area contributed by atoms with E-state index in [1.165, 1.54) is 38.5 Å². The number of fused-ring (bicyclic) bond motifs is 5. The summed E-state index contributed by atoms with van der Waals surface area (Å²) in [5, 5.41) is 10.6. The molecule has 0 saturated heterocycles. The average molecular weight is 333 g/mol. The second kappa shape index (κ2) is 5.32. The quantitative estimate of drug-likeness (QED) is 0.735. The first-order valence-corrected chi connectivity index (χ1v) is 10.4. The summed E-state index contributed by atoms with van der Waals surface area (Å²) < 4.78 is 0. The van der Waals surface area contributed by atoms with Gasteiger partial charge in [0.25, 0.3) is 0 Å². The molecule has 0 bridgehead atoms. The van der Waals surface area contributed by atoms with Gasteiger partial charge in [0, 0.05) is 5.92 Å². The van der Waals surface area contributed by atoms with Crippen LogP contribution in [0.2, 0.25) is 0 Å². The molecule has 8 atom stereocenters. The zero-order chi connectivity index (χ0) is 17.3. The van der Waals surface area contributed by atoms with Gasteiger partial charge < -0.3 is 5.11 Å². The number of rotatable bonds is 1. The highest BCUT2D eigenvalue weighted by molar-refractivity contribution is 5.78. The Morgan fingerprint density at radius 3 is 2.38 bits per heavy atom. The van der Waals surface area contributed by atoms with Crippen LogP contribution in [-0.2, 0) is 4.79 Å². The van der Waals surface area contributed by atoms with Gasteiger partial charge in [0.2, 0.25) is 0 Å². The smallest absolute Gasteiger partial charge is 0.132 e. The molecule has 0 amide bonds. The van der Waals surface area contributed by atoms with Crippen LogP contribution < -0.4 is 0 Å². The van der Waals surface area contributed by atoms with E-state index in [1.54, 1.807) is 6.92 Å². The predicted octanol–water partition coefficient (Wildman–Crippen LogP) is 4.99. The maximum Gasteiger partial charge on any atom is 0.132 e. The van der Waals surface area contributed by atoms with Gasteiger partial charge in [-0.2, -0.15) is 0 Å². The van der Waals surface area contributed by atoms with Crippen LogP contribution in [-0.4, -0.2) is 17.0 Å². The molecule has 4 saturated carbocycles. The summed E-state index contributed by atoms with van der Waals surface area (Å²) in [4.78, 5) is 12.0. The minimum absolute atomic E-state index is 0.0713. The minimum atomic E-state index is -0.0713. The highest BCUT2D eigenvalue weighted by Crippen LogP contribution is 2.70. The van der Waals surface area contributed by atoms with Crippen molar-refractivity contribution in [3.05, 3.63) is 0 Å². The third-order valence-corrected chi connectivity index (χ3v) is 9.90. The molecular weight excluding hydrogens is 296 g/mol. The van der Waals surface area contributed by atoms with E-state index in [2.05, 4.69) is 20.8 Å². The number of carbonyl (C=O) groups excluding carboxylic acids is 1. The van der Waals surface area contributed by atoms with Crippen LogP contribution >= 0.6 is 0 Å². The van der Waals surface area contributed by atoms with E-state index in [9.17, 15) is 9.90 Å². The van der Waals surface area contributed by atoms with E-state index in [4.69, 9.17) is 0 Å². The summed E-state index contributed by atoms with van der Waals surface area (Å²) in [6.07, 6.45) is 10.8. The van der Waals surface area contributed by atoms with Crippen LogP contribution in [0.25, 0.3) is 0 Å². The van der Waals surface area contributed by atoms with Gasteiger partial charge in [0.15, 0.2) is 0 Å². The summed E-state index contributed by atoms with van der Waals surface area (Å²) in [6, 6.07) is 0. The molecule has 0 aromatic carbocycles. The van der Waals surface area contributed by atoms with E-state index in [0.29, 0.717) is 22.5 Å². The topological polar surface area (TPSA) is 37.3 Å². The number of hydrogen-bond donors (Lipinski definition) is 1. The first-order chi connectivity index (χ1) is 11.2. The average Bonchev–Trinajstić information content (AvgIpc) is 2.83. The molecule has 0 aromatic heterocycles. The van der Waals surface area contributed by atoms with Crippen molar-refractivity contribution in [1.29, 1.82) is 0 Å². The molecule has 0 aromatic rings. The van der Waals surface area contributed by atoms with E-state index in [0.717, 1.165) is 37.0 Å². The lowest BCUT2D eigenvalue weighted by Gasteiger charge is -2.65. The van der Waals surface area contributed by atoms with Crippen molar-refractivity contribution in [3.63, 3.8) is 0 Å². The Kier molecular flexibility index (Phi) is 3.78. The Balaban J connectivity index is 1.64. The van der Waals surface area contributed by atoms with Crippen molar-refractivity contribution in [2.24, 2.45) is 39.9 Å². The summed E-state index contributed by atoms with van der Waals surface area (Å²) in [5.74, 6) is 3.08. The van der Waals surface area contributed by atoms with Crippen molar-refractivity contribution in [2.75, 3.05) is 0 Å². The molecule has 0 unspecified atom stereocenters. The first-order valence-electron chi connectivity index (χ1n) is 10.4. The Bertz CT molecular complexity index is 542. The second-order valence-electron chi connectivity index (χ2n) is 10.6. The Morgan fingerprint density at radius 1 is 0.917 bits per heavy atom.